The first-order valence-electron chi connectivity index (χ1n) is 7.80. The van der Waals surface area contributed by atoms with Gasteiger partial charge in [-0.2, -0.15) is 5.26 Å². The van der Waals surface area contributed by atoms with Gasteiger partial charge in [-0.15, -0.1) is 0 Å². The van der Waals surface area contributed by atoms with Crippen molar-refractivity contribution in [3.8, 4) is 11.9 Å². The van der Waals surface area contributed by atoms with Crippen LogP contribution in [0.3, 0.4) is 0 Å². The van der Waals surface area contributed by atoms with Crippen molar-refractivity contribution in [3.05, 3.63) is 52.9 Å². The molecule has 0 radical (unpaired) electrons. The minimum atomic E-state index is -0.204. The molecule has 0 saturated carbocycles. The Morgan fingerprint density at radius 2 is 2.12 bits per heavy atom. The molecule has 0 unspecified atom stereocenters. The van der Waals surface area contributed by atoms with Gasteiger partial charge < -0.3 is 15.0 Å². The number of carbonyl (C=O) groups excluding carboxylic acids is 1. The Labute approximate surface area is 150 Å². The molecule has 1 aromatic heterocycles. The highest BCUT2D eigenvalue weighted by molar-refractivity contribution is 6.30. The summed E-state index contributed by atoms with van der Waals surface area (Å²) < 4.78 is 5.72. The van der Waals surface area contributed by atoms with E-state index in [-0.39, 0.29) is 23.7 Å². The van der Waals surface area contributed by atoms with E-state index < -0.39 is 0 Å². The van der Waals surface area contributed by atoms with Gasteiger partial charge in [0.25, 0.3) is 5.88 Å². The number of hydrogen-bond donors (Lipinski definition) is 1. The Balaban J connectivity index is 1.51. The van der Waals surface area contributed by atoms with Crippen LogP contribution in [-0.2, 0) is 6.54 Å². The van der Waals surface area contributed by atoms with Crippen LogP contribution in [0.2, 0.25) is 5.02 Å². The molecule has 0 spiro atoms. The largest absolute Gasteiger partial charge is 0.470 e. The number of nitriles is 1. The van der Waals surface area contributed by atoms with Crippen molar-refractivity contribution in [1.29, 1.82) is 5.26 Å². The van der Waals surface area contributed by atoms with Gasteiger partial charge in [-0.25, -0.2) is 14.8 Å². The van der Waals surface area contributed by atoms with Gasteiger partial charge in [0.2, 0.25) is 5.69 Å². The van der Waals surface area contributed by atoms with Crippen molar-refractivity contribution in [2.75, 3.05) is 13.1 Å². The Hall–Kier alpha value is -2.85. The lowest BCUT2D eigenvalue weighted by Gasteiger charge is -2.18. The molecule has 3 rings (SSSR count). The molecule has 0 bridgehead atoms. The molecule has 128 valence electrons. The van der Waals surface area contributed by atoms with E-state index in [1.54, 1.807) is 17.0 Å². The van der Waals surface area contributed by atoms with Gasteiger partial charge in [0.15, 0.2) is 0 Å². The topological polar surface area (TPSA) is 91.1 Å². The van der Waals surface area contributed by atoms with Gasteiger partial charge in [0.05, 0.1) is 6.54 Å². The number of ether oxygens (including phenoxy) is 1. The quantitative estimate of drug-likeness (QED) is 0.907. The number of halogens is 1. The zero-order valence-electron chi connectivity index (χ0n) is 13.4. The number of carbonyl (C=O) groups is 1. The number of likely N-dealkylation sites (tertiary alicyclic amines) is 1. The normalized spacial score (nSPS) is 16.3. The monoisotopic (exact) mass is 357 g/mol. The average molecular weight is 358 g/mol. The molecule has 1 N–H and O–H groups in total. The van der Waals surface area contributed by atoms with E-state index in [1.807, 2.05) is 18.2 Å². The van der Waals surface area contributed by atoms with Gasteiger partial charge >= 0.3 is 6.03 Å². The second-order valence-electron chi connectivity index (χ2n) is 5.58. The first-order valence-corrected chi connectivity index (χ1v) is 8.18. The SMILES string of the molecule is N#Cc1nccnc1O[C@@H]1CCN(C(=O)NCc2ccc(Cl)cc2)C1. The van der Waals surface area contributed by atoms with E-state index in [9.17, 15) is 4.79 Å². The molecule has 1 fully saturated rings. The zero-order valence-corrected chi connectivity index (χ0v) is 14.1. The third kappa shape index (κ3) is 4.37. The molecule has 1 saturated heterocycles. The van der Waals surface area contributed by atoms with Crippen molar-refractivity contribution in [3.63, 3.8) is 0 Å². The number of hydrogen-bond acceptors (Lipinski definition) is 5. The van der Waals surface area contributed by atoms with Crippen LogP contribution in [-0.4, -0.2) is 40.1 Å². The highest BCUT2D eigenvalue weighted by atomic mass is 35.5. The van der Waals surface area contributed by atoms with E-state index in [1.165, 1.54) is 12.4 Å². The van der Waals surface area contributed by atoms with Crippen LogP contribution in [0.15, 0.2) is 36.7 Å². The van der Waals surface area contributed by atoms with Crippen molar-refractivity contribution in [2.45, 2.75) is 19.1 Å². The van der Waals surface area contributed by atoms with E-state index in [4.69, 9.17) is 21.6 Å². The molecule has 1 aliphatic rings. The van der Waals surface area contributed by atoms with Crippen LogP contribution in [0, 0.1) is 11.3 Å². The molecule has 0 aliphatic carbocycles. The summed E-state index contributed by atoms with van der Waals surface area (Å²) >= 11 is 5.84. The van der Waals surface area contributed by atoms with Crippen molar-refractivity contribution in [1.82, 2.24) is 20.2 Å². The predicted molar refractivity (Wildman–Crippen MR) is 91.0 cm³/mol. The molecule has 2 amide bonds. The lowest BCUT2D eigenvalue weighted by atomic mass is 10.2. The van der Waals surface area contributed by atoms with Crippen LogP contribution in [0.4, 0.5) is 4.79 Å². The molecule has 2 heterocycles. The highest BCUT2D eigenvalue weighted by Crippen LogP contribution is 2.18. The standard InChI is InChI=1S/C17H16ClN5O2/c18-13-3-1-12(2-4-13)10-22-17(24)23-8-5-14(11-23)25-16-15(9-19)20-6-7-21-16/h1-4,6-7,14H,5,8,10-11H2,(H,22,24)/t14-/m1/s1. The molecule has 1 aromatic carbocycles. The van der Waals surface area contributed by atoms with Crippen molar-refractivity contribution < 1.29 is 9.53 Å². The zero-order chi connectivity index (χ0) is 17.6. The summed E-state index contributed by atoms with van der Waals surface area (Å²) in [4.78, 5) is 21.9. The van der Waals surface area contributed by atoms with E-state index >= 15 is 0 Å². The summed E-state index contributed by atoms with van der Waals surface area (Å²) in [5.74, 6) is 0.207. The first-order chi connectivity index (χ1) is 12.2. The van der Waals surface area contributed by atoms with Crippen LogP contribution in [0.5, 0.6) is 5.88 Å². The maximum atomic E-state index is 12.3. The lowest BCUT2D eigenvalue weighted by Crippen LogP contribution is -2.39. The summed E-state index contributed by atoms with van der Waals surface area (Å²) in [6.07, 6.45) is 3.39. The minimum Gasteiger partial charge on any atom is -0.470 e. The summed E-state index contributed by atoms with van der Waals surface area (Å²) in [5.41, 5.74) is 1.12. The molecule has 2 aromatic rings. The van der Waals surface area contributed by atoms with E-state index in [0.29, 0.717) is 31.1 Å². The highest BCUT2D eigenvalue weighted by Gasteiger charge is 2.28. The first kappa shape index (κ1) is 17.0. The van der Waals surface area contributed by atoms with E-state index in [2.05, 4.69) is 15.3 Å². The third-order valence-electron chi connectivity index (χ3n) is 3.84. The summed E-state index contributed by atoms with van der Waals surface area (Å²) in [7, 11) is 0. The van der Waals surface area contributed by atoms with Crippen LogP contribution < -0.4 is 10.1 Å². The second kappa shape index (κ2) is 7.81. The Kier molecular flexibility index (Phi) is 5.31. The molecular weight excluding hydrogens is 342 g/mol. The molecule has 8 heteroatoms. The second-order valence-corrected chi connectivity index (χ2v) is 6.02. The number of benzene rings is 1. The predicted octanol–water partition coefficient (Wildman–Crippen LogP) is 2.36. The maximum Gasteiger partial charge on any atom is 0.317 e. The van der Waals surface area contributed by atoms with Gasteiger partial charge in [0.1, 0.15) is 12.2 Å². The van der Waals surface area contributed by atoms with E-state index in [0.717, 1.165) is 5.56 Å². The average Bonchev–Trinajstić information content (AvgIpc) is 3.10. The summed E-state index contributed by atoms with van der Waals surface area (Å²) in [6.45, 7) is 1.45. The number of nitrogens with one attached hydrogen (secondary N) is 1. The fourth-order valence-electron chi connectivity index (χ4n) is 2.55. The fourth-order valence-corrected chi connectivity index (χ4v) is 2.67. The lowest BCUT2D eigenvalue weighted by molar-refractivity contribution is 0.182. The molecule has 1 atom stereocenters. The van der Waals surface area contributed by atoms with Gasteiger partial charge in [0, 0.05) is 36.9 Å². The number of rotatable bonds is 4. The summed E-state index contributed by atoms with van der Waals surface area (Å²) in [6, 6.07) is 9.11. The van der Waals surface area contributed by atoms with Crippen LogP contribution in [0.25, 0.3) is 0 Å². The maximum absolute atomic E-state index is 12.3. The fraction of sp³-hybridized carbons (Fsp3) is 0.294. The van der Waals surface area contributed by atoms with Crippen LogP contribution >= 0.6 is 11.6 Å². The van der Waals surface area contributed by atoms with Gasteiger partial charge in [-0.05, 0) is 17.7 Å². The number of nitrogens with zero attached hydrogens (tertiary/aromatic N) is 4. The Bertz CT molecular complexity index is 790. The van der Waals surface area contributed by atoms with Gasteiger partial charge in [-0.1, -0.05) is 23.7 Å². The molecule has 7 nitrogen and oxygen atoms in total. The Morgan fingerprint density at radius 3 is 2.88 bits per heavy atom. The van der Waals surface area contributed by atoms with Gasteiger partial charge in [-0.3, -0.25) is 0 Å². The molecule has 1 aliphatic heterocycles. The minimum absolute atomic E-state index is 0.146. The van der Waals surface area contributed by atoms with Crippen molar-refractivity contribution in [2.24, 2.45) is 0 Å². The smallest absolute Gasteiger partial charge is 0.317 e. The van der Waals surface area contributed by atoms with Crippen molar-refractivity contribution >= 4 is 17.6 Å². The number of urea groups is 1. The van der Waals surface area contributed by atoms with Crippen LogP contribution in [0.1, 0.15) is 17.7 Å². The summed E-state index contributed by atoms with van der Waals surface area (Å²) in [5, 5.41) is 12.6. The molecular formula is C17H16ClN5O2. The third-order valence-corrected chi connectivity index (χ3v) is 4.09. The number of aromatic nitrogens is 2. The Morgan fingerprint density at radius 1 is 1.36 bits per heavy atom. The molecule has 25 heavy (non-hydrogen) atoms. The number of amides is 2.